The van der Waals surface area contributed by atoms with E-state index in [9.17, 15) is 4.79 Å². The molecule has 0 bridgehead atoms. The summed E-state index contributed by atoms with van der Waals surface area (Å²) in [6.07, 6.45) is 1.64. The second-order valence-electron chi connectivity index (χ2n) is 6.49. The standard InChI is InChI=1S/C15H23ClN4O.2ClH/c1-15(2,3)13(17)14(21)20-8-6-19(7-9-20)12-5-4-11(16)10-18-12;;/h4-5,10,13H,6-9,17H2,1-3H3;2*1H/t13-;;/m1../s1. The van der Waals surface area contributed by atoms with Crippen molar-refractivity contribution in [3.63, 3.8) is 0 Å². The van der Waals surface area contributed by atoms with Gasteiger partial charge in [0.1, 0.15) is 5.82 Å². The van der Waals surface area contributed by atoms with Crippen LogP contribution in [-0.2, 0) is 4.79 Å². The van der Waals surface area contributed by atoms with Crippen LogP contribution in [0, 0.1) is 5.41 Å². The molecule has 23 heavy (non-hydrogen) atoms. The lowest BCUT2D eigenvalue weighted by Gasteiger charge is -2.38. The van der Waals surface area contributed by atoms with Gasteiger partial charge in [0.25, 0.3) is 0 Å². The molecule has 2 N–H and O–H groups in total. The highest BCUT2D eigenvalue weighted by Crippen LogP contribution is 2.21. The number of carbonyl (C=O) groups is 1. The van der Waals surface area contributed by atoms with Gasteiger partial charge in [-0.3, -0.25) is 4.79 Å². The van der Waals surface area contributed by atoms with Crippen molar-refractivity contribution in [3.05, 3.63) is 23.4 Å². The number of amides is 1. The van der Waals surface area contributed by atoms with Crippen molar-refractivity contribution in [1.29, 1.82) is 0 Å². The Bertz CT molecular complexity index is 496. The first kappa shape index (κ1) is 22.2. The molecule has 1 saturated heterocycles. The van der Waals surface area contributed by atoms with Crippen LogP contribution >= 0.6 is 36.4 Å². The largest absolute Gasteiger partial charge is 0.353 e. The van der Waals surface area contributed by atoms with E-state index in [1.54, 1.807) is 6.20 Å². The Hall–Kier alpha value is -0.750. The van der Waals surface area contributed by atoms with Gasteiger partial charge in [0.15, 0.2) is 0 Å². The fourth-order valence-electron chi connectivity index (χ4n) is 2.28. The average molecular weight is 384 g/mol. The van der Waals surface area contributed by atoms with Gasteiger partial charge in [0.2, 0.25) is 5.91 Å². The predicted octanol–water partition coefficient (Wildman–Crippen LogP) is 2.60. The lowest BCUT2D eigenvalue weighted by Crippen LogP contribution is -2.56. The second kappa shape index (κ2) is 8.92. The lowest BCUT2D eigenvalue weighted by atomic mass is 9.86. The number of piperazine rings is 1. The van der Waals surface area contributed by atoms with Crippen LogP contribution in [0.3, 0.4) is 0 Å². The summed E-state index contributed by atoms with van der Waals surface area (Å²) >= 11 is 5.85. The zero-order valence-electron chi connectivity index (χ0n) is 13.7. The number of rotatable bonds is 2. The zero-order chi connectivity index (χ0) is 15.6. The topological polar surface area (TPSA) is 62.5 Å². The molecule has 1 atom stereocenters. The van der Waals surface area contributed by atoms with E-state index < -0.39 is 6.04 Å². The molecule has 0 aliphatic carbocycles. The Labute approximate surface area is 155 Å². The molecular weight excluding hydrogens is 359 g/mol. The number of hydrogen-bond donors (Lipinski definition) is 1. The summed E-state index contributed by atoms with van der Waals surface area (Å²) in [6, 6.07) is 3.27. The third-order valence-electron chi connectivity index (χ3n) is 3.83. The van der Waals surface area contributed by atoms with Crippen molar-refractivity contribution < 1.29 is 4.79 Å². The molecule has 5 nitrogen and oxygen atoms in total. The monoisotopic (exact) mass is 382 g/mol. The van der Waals surface area contributed by atoms with E-state index in [0.29, 0.717) is 18.1 Å². The minimum Gasteiger partial charge on any atom is -0.353 e. The maximum atomic E-state index is 12.4. The molecule has 1 aliphatic rings. The van der Waals surface area contributed by atoms with Gasteiger partial charge >= 0.3 is 0 Å². The van der Waals surface area contributed by atoms with Gasteiger partial charge in [-0.1, -0.05) is 32.4 Å². The Balaban J connectivity index is 0.00000242. The van der Waals surface area contributed by atoms with E-state index in [1.807, 2.05) is 37.8 Å². The van der Waals surface area contributed by atoms with Gasteiger partial charge in [-0.2, -0.15) is 0 Å². The molecule has 0 radical (unpaired) electrons. The summed E-state index contributed by atoms with van der Waals surface area (Å²) in [6.45, 7) is 8.84. The molecular formula is C15H25Cl3N4O. The summed E-state index contributed by atoms with van der Waals surface area (Å²) in [5.74, 6) is 0.929. The minimum atomic E-state index is -0.460. The molecule has 1 aromatic rings. The average Bonchev–Trinajstić information content (AvgIpc) is 2.46. The minimum absolute atomic E-state index is 0. The number of hydrogen-bond acceptors (Lipinski definition) is 4. The molecule has 0 saturated carbocycles. The van der Waals surface area contributed by atoms with E-state index in [0.717, 1.165) is 18.9 Å². The first-order chi connectivity index (χ1) is 9.79. The van der Waals surface area contributed by atoms with Crippen LogP contribution in [0.4, 0.5) is 5.82 Å². The third-order valence-corrected chi connectivity index (χ3v) is 4.05. The van der Waals surface area contributed by atoms with Crippen LogP contribution < -0.4 is 10.6 Å². The fraction of sp³-hybridized carbons (Fsp3) is 0.600. The zero-order valence-corrected chi connectivity index (χ0v) is 16.0. The number of nitrogens with zero attached hydrogens (tertiary/aromatic N) is 3. The van der Waals surface area contributed by atoms with Gasteiger partial charge in [0.05, 0.1) is 11.1 Å². The Morgan fingerprint density at radius 2 is 1.78 bits per heavy atom. The van der Waals surface area contributed by atoms with E-state index in [4.69, 9.17) is 17.3 Å². The summed E-state index contributed by atoms with van der Waals surface area (Å²) in [5.41, 5.74) is 5.84. The normalized spacial score (nSPS) is 16.2. The lowest BCUT2D eigenvalue weighted by molar-refractivity contribution is -0.135. The molecule has 1 fully saturated rings. The molecule has 1 aromatic heterocycles. The SMILES string of the molecule is CC(C)(C)[C@H](N)C(=O)N1CCN(c2ccc(Cl)cn2)CC1.Cl.Cl. The highest BCUT2D eigenvalue weighted by atomic mass is 35.5. The summed E-state index contributed by atoms with van der Waals surface area (Å²) < 4.78 is 0. The number of pyridine rings is 1. The molecule has 0 aromatic carbocycles. The molecule has 0 unspecified atom stereocenters. The quantitative estimate of drug-likeness (QED) is 0.852. The fourth-order valence-corrected chi connectivity index (χ4v) is 2.39. The van der Waals surface area contributed by atoms with Crippen molar-refractivity contribution >= 4 is 48.1 Å². The first-order valence-corrected chi connectivity index (χ1v) is 7.58. The Morgan fingerprint density at radius 1 is 1.22 bits per heavy atom. The van der Waals surface area contributed by atoms with Crippen molar-refractivity contribution in [1.82, 2.24) is 9.88 Å². The summed E-state index contributed by atoms with van der Waals surface area (Å²) in [5, 5.41) is 0.628. The van der Waals surface area contributed by atoms with Gasteiger partial charge in [-0.25, -0.2) is 4.98 Å². The molecule has 132 valence electrons. The van der Waals surface area contributed by atoms with Crippen LogP contribution in [0.15, 0.2) is 18.3 Å². The van der Waals surface area contributed by atoms with Crippen LogP contribution in [-0.4, -0.2) is 48.0 Å². The van der Waals surface area contributed by atoms with Gasteiger partial charge in [-0.15, -0.1) is 24.8 Å². The Kier molecular flexibility index (Phi) is 8.63. The first-order valence-electron chi connectivity index (χ1n) is 7.20. The van der Waals surface area contributed by atoms with Crippen molar-refractivity contribution in [2.45, 2.75) is 26.8 Å². The summed E-state index contributed by atoms with van der Waals surface area (Å²) in [4.78, 5) is 20.7. The van der Waals surface area contributed by atoms with E-state index in [-0.39, 0.29) is 36.1 Å². The number of anilines is 1. The van der Waals surface area contributed by atoms with Gasteiger partial charge in [-0.05, 0) is 17.5 Å². The number of aromatic nitrogens is 1. The molecule has 8 heteroatoms. The molecule has 1 amide bonds. The number of halogens is 3. The van der Waals surface area contributed by atoms with Crippen LogP contribution in [0.2, 0.25) is 5.02 Å². The molecule has 1 aliphatic heterocycles. The van der Waals surface area contributed by atoms with Crippen molar-refractivity contribution in [3.8, 4) is 0 Å². The smallest absolute Gasteiger partial charge is 0.240 e. The van der Waals surface area contributed by atoms with E-state index >= 15 is 0 Å². The highest BCUT2D eigenvalue weighted by Gasteiger charge is 2.32. The Morgan fingerprint density at radius 3 is 2.22 bits per heavy atom. The van der Waals surface area contributed by atoms with Gasteiger partial charge in [0, 0.05) is 32.4 Å². The molecule has 2 rings (SSSR count). The predicted molar refractivity (Wildman–Crippen MR) is 100.0 cm³/mol. The van der Waals surface area contributed by atoms with E-state index in [2.05, 4.69) is 9.88 Å². The number of carbonyl (C=O) groups excluding carboxylic acids is 1. The van der Waals surface area contributed by atoms with Crippen LogP contribution in [0.5, 0.6) is 0 Å². The van der Waals surface area contributed by atoms with Crippen molar-refractivity contribution in [2.24, 2.45) is 11.1 Å². The van der Waals surface area contributed by atoms with Crippen LogP contribution in [0.25, 0.3) is 0 Å². The van der Waals surface area contributed by atoms with E-state index in [1.165, 1.54) is 0 Å². The maximum absolute atomic E-state index is 12.4. The van der Waals surface area contributed by atoms with Gasteiger partial charge < -0.3 is 15.5 Å². The maximum Gasteiger partial charge on any atom is 0.240 e. The second-order valence-corrected chi connectivity index (χ2v) is 6.93. The summed E-state index contributed by atoms with van der Waals surface area (Å²) in [7, 11) is 0. The number of nitrogens with two attached hydrogens (primary N) is 1. The van der Waals surface area contributed by atoms with Crippen molar-refractivity contribution in [2.75, 3.05) is 31.1 Å². The highest BCUT2D eigenvalue weighted by molar-refractivity contribution is 6.30. The third kappa shape index (κ3) is 5.68. The molecule has 2 heterocycles. The van der Waals surface area contributed by atoms with Crippen LogP contribution in [0.1, 0.15) is 20.8 Å². The molecule has 0 spiro atoms.